The Balaban J connectivity index is 1.93. The van der Waals surface area contributed by atoms with E-state index < -0.39 is 0 Å². The number of hydrogen-bond donors (Lipinski definition) is 0. The maximum Gasteiger partial charge on any atom is 0.134 e. The fourth-order valence-corrected chi connectivity index (χ4v) is 4.95. The van der Waals surface area contributed by atoms with Crippen molar-refractivity contribution in [2.24, 2.45) is 0 Å². The van der Waals surface area contributed by atoms with Crippen LogP contribution in [-0.4, -0.2) is 21.9 Å². The molecule has 0 spiro atoms. The molecule has 17 heavy (non-hydrogen) atoms. The molecule has 1 nitrogen and oxygen atoms in total. The molecular formula is C14H26OS2. The van der Waals surface area contributed by atoms with E-state index in [4.69, 9.17) is 0 Å². The van der Waals surface area contributed by atoms with E-state index in [0.29, 0.717) is 10.4 Å². The second kappa shape index (κ2) is 10.3. The number of thioether (sulfide) groups is 2. The SMILES string of the molecule is CCCCCCCCC(=O)CC1SCCCS1. The summed E-state index contributed by atoms with van der Waals surface area (Å²) in [6, 6.07) is 0. The number of carbonyl (C=O) groups excluding carboxylic acids is 1. The van der Waals surface area contributed by atoms with Crippen LogP contribution in [0.3, 0.4) is 0 Å². The summed E-state index contributed by atoms with van der Waals surface area (Å²) in [5, 5.41) is 0. The van der Waals surface area contributed by atoms with Gasteiger partial charge in [-0.1, -0.05) is 39.0 Å². The Hall–Kier alpha value is 0.370. The number of rotatable bonds is 9. The molecule has 1 rings (SSSR count). The number of ketones is 1. The van der Waals surface area contributed by atoms with E-state index in [9.17, 15) is 4.79 Å². The van der Waals surface area contributed by atoms with Gasteiger partial charge in [-0.3, -0.25) is 4.79 Å². The third kappa shape index (κ3) is 8.15. The van der Waals surface area contributed by atoms with Crippen molar-refractivity contribution in [1.29, 1.82) is 0 Å². The third-order valence-electron chi connectivity index (χ3n) is 3.10. The molecule has 0 unspecified atom stereocenters. The largest absolute Gasteiger partial charge is 0.300 e. The summed E-state index contributed by atoms with van der Waals surface area (Å²) >= 11 is 3.97. The number of carbonyl (C=O) groups is 1. The summed E-state index contributed by atoms with van der Waals surface area (Å²) in [6.45, 7) is 2.24. The molecule has 1 aliphatic heterocycles. The molecule has 0 N–H and O–H groups in total. The molecule has 0 amide bonds. The normalized spacial score (nSPS) is 17.2. The average molecular weight is 274 g/mol. The van der Waals surface area contributed by atoms with Gasteiger partial charge in [-0.25, -0.2) is 0 Å². The first-order valence-electron chi connectivity index (χ1n) is 7.08. The molecule has 1 heterocycles. The summed E-state index contributed by atoms with van der Waals surface area (Å²) in [5.74, 6) is 3.00. The summed E-state index contributed by atoms with van der Waals surface area (Å²) in [6.07, 6.45) is 10.6. The minimum Gasteiger partial charge on any atom is -0.300 e. The smallest absolute Gasteiger partial charge is 0.134 e. The summed E-state index contributed by atoms with van der Waals surface area (Å²) < 4.78 is 0.566. The standard InChI is InChI=1S/C14H26OS2/c1-2-3-4-5-6-7-9-13(15)12-14-16-10-8-11-17-14/h14H,2-12H2,1H3. The molecule has 100 valence electrons. The van der Waals surface area contributed by atoms with Gasteiger partial charge in [-0.05, 0) is 24.3 Å². The molecule has 1 fully saturated rings. The van der Waals surface area contributed by atoms with Crippen LogP contribution in [0.4, 0.5) is 0 Å². The summed E-state index contributed by atoms with van der Waals surface area (Å²) in [7, 11) is 0. The molecule has 1 saturated heterocycles. The first-order chi connectivity index (χ1) is 8.33. The zero-order valence-corrected chi connectivity index (χ0v) is 12.7. The molecule has 0 atom stereocenters. The van der Waals surface area contributed by atoms with Gasteiger partial charge in [0.2, 0.25) is 0 Å². The van der Waals surface area contributed by atoms with E-state index in [0.717, 1.165) is 19.3 Å². The van der Waals surface area contributed by atoms with Crippen molar-refractivity contribution in [3.63, 3.8) is 0 Å². The highest BCUT2D eigenvalue weighted by Gasteiger charge is 2.17. The van der Waals surface area contributed by atoms with Crippen LogP contribution < -0.4 is 0 Å². The lowest BCUT2D eigenvalue weighted by Gasteiger charge is -2.19. The molecule has 0 aliphatic carbocycles. The second-order valence-corrected chi connectivity index (χ2v) is 7.70. The Morgan fingerprint density at radius 2 is 1.71 bits per heavy atom. The molecule has 0 aromatic rings. The third-order valence-corrected chi connectivity index (χ3v) is 6.04. The zero-order chi connectivity index (χ0) is 12.3. The Bertz CT molecular complexity index is 200. The van der Waals surface area contributed by atoms with Crippen molar-refractivity contribution in [2.75, 3.05) is 11.5 Å². The quantitative estimate of drug-likeness (QED) is 0.557. The molecule has 1 aliphatic rings. The molecule has 0 saturated carbocycles. The second-order valence-electron chi connectivity index (χ2n) is 4.79. The number of unbranched alkanes of at least 4 members (excludes halogenated alkanes) is 5. The lowest BCUT2D eigenvalue weighted by molar-refractivity contribution is -0.118. The summed E-state index contributed by atoms with van der Waals surface area (Å²) in [4.78, 5) is 11.8. The van der Waals surface area contributed by atoms with Crippen LogP contribution in [0.1, 0.15) is 64.7 Å². The van der Waals surface area contributed by atoms with Crippen LogP contribution in [0.25, 0.3) is 0 Å². The van der Waals surface area contributed by atoms with E-state index >= 15 is 0 Å². The maximum absolute atomic E-state index is 11.8. The van der Waals surface area contributed by atoms with Crippen LogP contribution >= 0.6 is 23.5 Å². The maximum atomic E-state index is 11.8. The highest BCUT2D eigenvalue weighted by Crippen LogP contribution is 2.33. The highest BCUT2D eigenvalue weighted by atomic mass is 32.2. The van der Waals surface area contributed by atoms with E-state index in [2.05, 4.69) is 6.92 Å². The van der Waals surface area contributed by atoms with Crippen molar-refractivity contribution in [3.05, 3.63) is 0 Å². The van der Waals surface area contributed by atoms with E-state index in [1.54, 1.807) is 0 Å². The van der Waals surface area contributed by atoms with Crippen molar-refractivity contribution < 1.29 is 4.79 Å². The molecule has 0 bridgehead atoms. The molecule has 3 heteroatoms. The minimum atomic E-state index is 0.493. The highest BCUT2D eigenvalue weighted by molar-refractivity contribution is 8.17. The van der Waals surface area contributed by atoms with E-state index in [1.165, 1.54) is 50.0 Å². The van der Waals surface area contributed by atoms with Crippen LogP contribution in [0.2, 0.25) is 0 Å². The first kappa shape index (κ1) is 15.4. The van der Waals surface area contributed by atoms with Gasteiger partial charge in [0, 0.05) is 12.8 Å². The Kier molecular flexibility index (Phi) is 9.35. The van der Waals surface area contributed by atoms with Crippen LogP contribution in [0.5, 0.6) is 0 Å². The van der Waals surface area contributed by atoms with Crippen LogP contribution in [0.15, 0.2) is 0 Å². The van der Waals surface area contributed by atoms with Crippen molar-refractivity contribution in [1.82, 2.24) is 0 Å². The van der Waals surface area contributed by atoms with Gasteiger partial charge >= 0.3 is 0 Å². The van der Waals surface area contributed by atoms with Gasteiger partial charge in [0.25, 0.3) is 0 Å². The predicted octanol–water partition coefficient (Wildman–Crippen LogP) is 4.89. The van der Waals surface area contributed by atoms with Crippen molar-refractivity contribution in [3.8, 4) is 0 Å². The van der Waals surface area contributed by atoms with Gasteiger partial charge in [0.05, 0.1) is 4.58 Å². The Labute approximate surface area is 115 Å². The van der Waals surface area contributed by atoms with Gasteiger partial charge in [0.15, 0.2) is 0 Å². The average Bonchev–Trinajstić information content (AvgIpc) is 2.35. The van der Waals surface area contributed by atoms with E-state index in [-0.39, 0.29) is 0 Å². The molecule has 0 radical (unpaired) electrons. The van der Waals surface area contributed by atoms with Gasteiger partial charge in [-0.15, -0.1) is 23.5 Å². The molecular weight excluding hydrogens is 248 g/mol. The molecule has 0 aromatic heterocycles. The Morgan fingerprint density at radius 1 is 1.06 bits per heavy atom. The lowest BCUT2D eigenvalue weighted by atomic mass is 10.1. The zero-order valence-electron chi connectivity index (χ0n) is 11.1. The number of Topliss-reactive ketones (excluding diaryl/α,β-unsaturated/α-hetero) is 1. The monoisotopic (exact) mass is 274 g/mol. The lowest BCUT2D eigenvalue weighted by Crippen LogP contribution is -2.12. The van der Waals surface area contributed by atoms with Gasteiger partial charge in [0.1, 0.15) is 5.78 Å². The minimum absolute atomic E-state index is 0.493. The van der Waals surface area contributed by atoms with Crippen molar-refractivity contribution >= 4 is 29.3 Å². The van der Waals surface area contributed by atoms with E-state index in [1.807, 2.05) is 23.5 Å². The summed E-state index contributed by atoms with van der Waals surface area (Å²) in [5.41, 5.74) is 0. The fourth-order valence-electron chi connectivity index (χ4n) is 2.04. The van der Waals surface area contributed by atoms with Crippen LogP contribution in [-0.2, 0) is 4.79 Å². The Morgan fingerprint density at radius 3 is 2.41 bits per heavy atom. The van der Waals surface area contributed by atoms with Gasteiger partial charge in [-0.2, -0.15) is 0 Å². The molecule has 0 aromatic carbocycles. The fraction of sp³-hybridized carbons (Fsp3) is 0.929. The topological polar surface area (TPSA) is 17.1 Å². The van der Waals surface area contributed by atoms with Gasteiger partial charge < -0.3 is 0 Å². The van der Waals surface area contributed by atoms with Crippen LogP contribution in [0, 0.1) is 0 Å². The first-order valence-corrected chi connectivity index (χ1v) is 9.17. The number of hydrogen-bond acceptors (Lipinski definition) is 3. The predicted molar refractivity (Wildman–Crippen MR) is 80.9 cm³/mol. The van der Waals surface area contributed by atoms with Crippen molar-refractivity contribution in [2.45, 2.75) is 69.3 Å².